The van der Waals surface area contributed by atoms with Gasteiger partial charge in [-0.2, -0.15) is 18.9 Å². The molecule has 6 N–H and O–H groups in total. The van der Waals surface area contributed by atoms with Crippen molar-refractivity contribution < 1.29 is 227 Å². The molecule has 0 heterocycles. The molecule has 0 atom stereocenters. The molecule has 0 spiro atoms. The van der Waals surface area contributed by atoms with Crippen LogP contribution < -0.4 is 29.6 Å². The molecule has 0 unspecified atom stereocenters. The summed E-state index contributed by atoms with van der Waals surface area (Å²) in [4.78, 5) is 137. The largest absolute Gasteiger partial charge is 1.00 e. The van der Waals surface area contributed by atoms with Crippen LogP contribution in [0, 0.1) is 29.6 Å². The first-order chi connectivity index (χ1) is 45.9. The second-order valence-electron chi connectivity index (χ2n) is 17.1. The van der Waals surface area contributed by atoms with Crippen LogP contribution in [-0.4, -0.2) is 287 Å². The molecule has 0 rings (SSSR count). The summed E-state index contributed by atoms with van der Waals surface area (Å²) < 4.78 is 110. The molecule has 41 nitrogen and oxygen atoms in total. The third-order valence-electron chi connectivity index (χ3n) is 9.61. The Bertz CT molecular complexity index is 1990. The summed E-state index contributed by atoms with van der Waals surface area (Å²) in [6.45, 7) is 12.9. The molecule has 0 aromatic rings. The number of hydrogen-bond donors (Lipinski definition) is 6. The summed E-state index contributed by atoms with van der Waals surface area (Å²) >= 11 is 0. The molecular weight excluding hydrogens is 1370 g/mol. The standard InChI is InChI=1S/2C11H20O6.C7H12O8.2C7H12O6.C7H12O4.C5H12O5S.Na.H/c2*1-4-16-10(12)9(11(13)17-5-2)6-7-15-8-14-3;1-12-4-13-3-2-5(6(8)14-10)7(9)15-11;2*1-12-4-13-3-2-5(6(8)9)7(10)11;1-3-10-6(8)5-7(9)11-4-2;1-8-5-9-3-4-10-11(2,6)7;;/h2*9H,4-8H2,1-3H3;5,10-11H,2-4H2,1H3;2*5H,2-4H2,1H3,(H,8,9)(H,10,11);2*3-5H2,1-2H3;;/q;;;;;;;+1;-1. The van der Waals surface area contributed by atoms with Gasteiger partial charge in [0.15, 0.2) is 29.6 Å². The van der Waals surface area contributed by atoms with E-state index in [0.717, 1.165) is 6.26 Å². The van der Waals surface area contributed by atoms with E-state index in [0.29, 0.717) is 0 Å². The van der Waals surface area contributed by atoms with E-state index in [9.17, 15) is 66.0 Å². The van der Waals surface area contributed by atoms with Crippen molar-refractivity contribution in [2.24, 2.45) is 29.6 Å². The average Bonchev–Trinajstić information content (AvgIpc) is 1.23. The minimum absolute atomic E-state index is 0. The predicted molar refractivity (Wildman–Crippen MR) is 322 cm³/mol. The summed E-state index contributed by atoms with van der Waals surface area (Å²) in [6, 6.07) is 0. The normalized spacial score (nSPS) is 10.2. The molecule has 0 aromatic carbocycles. The number of esters is 6. The van der Waals surface area contributed by atoms with Gasteiger partial charge >= 0.3 is 101 Å². The van der Waals surface area contributed by atoms with E-state index in [1.54, 1.807) is 41.5 Å². The van der Waals surface area contributed by atoms with Crippen LogP contribution in [0.3, 0.4) is 0 Å². The second-order valence-corrected chi connectivity index (χ2v) is 18.7. The van der Waals surface area contributed by atoms with Gasteiger partial charge in [0.25, 0.3) is 10.1 Å². The van der Waals surface area contributed by atoms with E-state index in [1.807, 2.05) is 0 Å². The zero-order valence-corrected chi connectivity index (χ0v) is 60.8. The van der Waals surface area contributed by atoms with Crippen LogP contribution in [0.5, 0.6) is 0 Å². The first-order valence-electron chi connectivity index (χ1n) is 28.8. The van der Waals surface area contributed by atoms with Gasteiger partial charge in [0.2, 0.25) is 0 Å². The van der Waals surface area contributed by atoms with Gasteiger partial charge in [-0.1, -0.05) is 0 Å². The molecule has 0 aliphatic rings. The Morgan fingerprint density at radius 1 is 0.327 bits per heavy atom. The molecule has 0 radical (unpaired) electrons. The molecule has 0 fully saturated rings. The van der Waals surface area contributed by atoms with Gasteiger partial charge in [-0.3, -0.25) is 52.1 Å². The Morgan fingerprint density at radius 2 is 0.531 bits per heavy atom. The Kier molecular flexibility index (Phi) is 86.3. The van der Waals surface area contributed by atoms with Crippen LogP contribution in [-0.2, 0) is 167 Å². The topological polar surface area (TPSA) is 554 Å². The summed E-state index contributed by atoms with van der Waals surface area (Å²) in [5.41, 5.74) is 0. The van der Waals surface area contributed by atoms with E-state index in [-0.39, 0.29) is 196 Å². The first-order valence-corrected chi connectivity index (χ1v) is 30.6. The molecule has 43 heteroatoms. The molecule has 0 aliphatic carbocycles. The van der Waals surface area contributed by atoms with Crippen LogP contribution >= 0.6 is 0 Å². The number of carboxylic acids is 4. The summed E-state index contributed by atoms with van der Waals surface area (Å²) in [7, 11) is 5.39. The summed E-state index contributed by atoms with van der Waals surface area (Å²) in [5, 5.41) is 49.8. The van der Waals surface area contributed by atoms with Gasteiger partial charge < -0.3 is 117 Å². The van der Waals surface area contributed by atoms with E-state index >= 15 is 0 Å². The minimum Gasteiger partial charge on any atom is -1.00 e. The number of methoxy groups -OCH3 is 6. The van der Waals surface area contributed by atoms with Crippen LogP contribution in [0.2, 0.25) is 0 Å². The van der Waals surface area contributed by atoms with Crippen molar-refractivity contribution in [1.29, 1.82) is 0 Å². The molecular formula is C55H101NaO41S. The summed E-state index contributed by atoms with van der Waals surface area (Å²) in [6.07, 6.45) is 0.914. The van der Waals surface area contributed by atoms with Crippen LogP contribution in [0.25, 0.3) is 0 Å². The summed E-state index contributed by atoms with van der Waals surface area (Å²) in [5.74, 6) is -17.3. The Balaban J connectivity index is -0.000000137. The number of ether oxygens (including phenoxy) is 18. The van der Waals surface area contributed by atoms with Crippen molar-refractivity contribution in [3.05, 3.63) is 0 Å². The van der Waals surface area contributed by atoms with Crippen molar-refractivity contribution in [1.82, 2.24) is 0 Å². The maximum Gasteiger partial charge on any atom is 1.00 e. The van der Waals surface area contributed by atoms with Crippen LogP contribution in [0.15, 0.2) is 0 Å². The third kappa shape index (κ3) is 74.2. The number of carbonyl (C=O) groups excluding carboxylic acids is 8. The predicted octanol–water partition coefficient (Wildman–Crippen LogP) is -2.11. The fraction of sp³-hybridized carbons (Fsp3) is 0.782. The number of rotatable bonds is 49. The molecule has 0 saturated carbocycles. The van der Waals surface area contributed by atoms with E-state index in [1.165, 1.54) is 42.7 Å². The molecule has 0 bridgehead atoms. The van der Waals surface area contributed by atoms with Gasteiger partial charge in [0, 0.05) is 42.7 Å². The van der Waals surface area contributed by atoms with E-state index in [2.05, 4.69) is 51.9 Å². The van der Waals surface area contributed by atoms with Gasteiger partial charge in [-0.15, -0.1) is 0 Å². The van der Waals surface area contributed by atoms with Crippen LogP contribution in [0.4, 0.5) is 0 Å². The van der Waals surface area contributed by atoms with Crippen molar-refractivity contribution >= 4 is 81.7 Å². The SMILES string of the molecule is CCOC(=O)C(CCOCOC)C(=O)OCC.CCOC(=O)C(CCOCOC)C(=O)OCC.CCOC(=O)CC(=O)OCC.COCOCCC(C(=O)O)C(=O)O.COCOCCC(C(=O)O)C(=O)O.COCOCCC(C(=O)OO)C(=O)OO.COCOCCOS(C)(=O)=O.[H-].[Na+]. The zero-order valence-electron chi connectivity index (χ0n) is 58.9. The zero-order chi connectivity index (χ0) is 75.8. The van der Waals surface area contributed by atoms with Crippen LogP contribution in [0.1, 0.15) is 81.5 Å². The fourth-order valence-electron chi connectivity index (χ4n) is 5.45. The smallest absolute Gasteiger partial charge is 1.00 e. The molecule has 574 valence electrons. The van der Waals surface area contributed by atoms with Gasteiger partial charge in [-0.25, -0.2) is 9.59 Å². The first kappa shape index (κ1) is 108. The van der Waals surface area contributed by atoms with E-state index < -0.39 is 111 Å². The maximum atomic E-state index is 11.5. The van der Waals surface area contributed by atoms with Crippen molar-refractivity contribution in [3.8, 4) is 0 Å². The number of carbonyl (C=O) groups is 12. The molecule has 0 aliphatic heterocycles. The van der Waals surface area contributed by atoms with Gasteiger partial charge in [-0.05, 0) is 73.6 Å². The van der Waals surface area contributed by atoms with Crippen molar-refractivity contribution in [3.63, 3.8) is 0 Å². The van der Waals surface area contributed by atoms with Crippen molar-refractivity contribution in [2.75, 3.05) is 176 Å². The number of aliphatic carboxylic acids is 4. The monoisotopic (exact) mass is 1470 g/mol. The molecule has 98 heavy (non-hydrogen) atoms. The molecule has 0 amide bonds. The van der Waals surface area contributed by atoms with Gasteiger partial charge in [0.05, 0.1) is 92.1 Å². The van der Waals surface area contributed by atoms with E-state index in [4.69, 9.17) is 78.3 Å². The van der Waals surface area contributed by atoms with Crippen molar-refractivity contribution in [2.45, 2.75) is 80.1 Å². The number of carboxylic acid groups (broad SMARTS) is 4. The quantitative estimate of drug-likeness (QED) is 0.00437. The average molecular weight is 1470 g/mol. The molecule has 0 saturated heterocycles. The Labute approximate surface area is 591 Å². The Morgan fingerprint density at radius 3 is 0.714 bits per heavy atom. The maximum absolute atomic E-state index is 11.5. The Hall–Kier alpha value is -6.01. The minimum atomic E-state index is -3.33. The molecule has 0 aromatic heterocycles. The fourth-order valence-corrected chi connectivity index (χ4v) is 5.82. The second kappa shape index (κ2) is 78.3. The number of hydrogen-bond acceptors (Lipinski definition) is 37. The van der Waals surface area contributed by atoms with Gasteiger partial charge in [0.1, 0.15) is 47.2 Å². The third-order valence-corrected chi connectivity index (χ3v) is 10.2.